The summed E-state index contributed by atoms with van der Waals surface area (Å²) < 4.78 is 6.38. The number of halogens is 1. The van der Waals surface area contributed by atoms with Crippen LogP contribution in [0.2, 0.25) is 0 Å². The quantitative estimate of drug-likeness (QED) is 0.415. The predicted molar refractivity (Wildman–Crippen MR) is 90.4 cm³/mol. The molecule has 0 radical (unpaired) electrons. The van der Waals surface area contributed by atoms with Crippen molar-refractivity contribution in [1.29, 1.82) is 0 Å². The molecule has 0 aliphatic carbocycles. The van der Waals surface area contributed by atoms with Crippen molar-refractivity contribution in [2.24, 2.45) is 11.3 Å². The fraction of sp³-hybridized carbons (Fsp3) is 0.529. The van der Waals surface area contributed by atoms with Gasteiger partial charge in [0.05, 0.1) is 6.54 Å². The molecule has 3 heteroatoms. The third-order valence-corrected chi connectivity index (χ3v) is 7.47. The van der Waals surface area contributed by atoms with Crippen LogP contribution in [0.3, 0.4) is 0 Å². The molecule has 3 heterocycles. The van der Waals surface area contributed by atoms with Crippen LogP contribution in [0.4, 0.5) is 5.69 Å². The number of fused-ring (bicyclic) bond motifs is 1. The van der Waals surface area contributed by atoms with Gasteiger partial charge in [0.1, 0.15) is 9.21 Å². The predicted octanol–water partition coefficient (Wildman–Crippen LogP) is 3.93. The van der Waals surface area contributed by atoms with Crippen molar-refractivity contribution in [3.05, 3.63) is 42.0 Å². The zero-order chi connectivity index (χ0) is 14.2. The van der Waals surface area contributed by atoms with Crippen LogP contribution in [-0.4, -0.2) is 22.3 Å². The SMILES string of the molecule is Cc1ccc(N2CC3C(C)(C)[C@@]4(I)C=C[C@]3(C2)O4)cc1. The lowest BCUT2D eigenvalue weighted by molar-refractivity contribution is 0.0182. The number of rotatable bonds is 1. The fourth-order valence-electron chi connectivity index (χ4n) is 4.09. The second kappa shape index (κ2) is 3.80. The molecule has 3 aliphatic rings. The van der Waals surface area contributed by atoms with Gasteiger partial charge in [-0.05, 0) is 47.7 Å². The minimum absolute atomic E-state index is 0.0738. The Balaban J connectivity index is 1.69. The average Bonchev–Trinajstić information content (AvgIpc) is 2.97. The van der Waals surface area contributed by atoms with Gasteiger partial charge in [-0.2, -0.15) is 0 Å². The van der Waals surface area contributed by atoms with Gasteiger partial charge in [0.2, 0.25) is 0 Å². The van der Waals surface area contributed by atoms with Gasteiger partial charge in [0, 0.05) is 23.6 Å². The van der Waals surface area contributed by atoms with Crippen LogP contribution in [0.5, 0.6) is 0 Å². The Morgan fingerprint density at radius 3 is 2.55 bits per heavy atom. The van der Waals surface area contributed by atoms with Crippen LogP contribution >= 0.6 is 22.6 Å². The van der Waals surface area contributed by atoms with Crippen LogP contribution in [0.25, 0.3) is 0 Å². The first-order chi connectivity index (χ1) is 9.36. The molecule has 1 unspecified atom stereocenters. The number of alkyl halides is 1. The van der Waals surface area contributed by atoms with Crippen molar-refractivity contribution in [3.8, 4) is 0 Å². The first-order valence-corrected chi connectivity index (χ1v) is 8.35. The molecule has 4 rings (SSSR count). The van der Waals surface area contributed by atoms with Crippen molar-refractivity contribution >= 4 is 28.3 Å². The van der Waals surface area contributed by atoms with Gasteiger partial charge in [-0.25, -0.2) is 0 Å². The fourth-order valence-corrected chi connectivity index (χ4v) is 5.05. The van der Waals surface area contributed by atoms with Crippen molar-refractivity contribution in [2.45, 2.75) is 30.0 Å². The smallest absolute Gasteiger partial charge is 0.144 e. The van der Waals surface area contributed by atoms with Crippen LogP contribution in [-0.2, 0) is 4.74 Å². The molecular formula is C17H20INO. The average molecular weight is 381 g/mol. The van der Waals surface area contributed by atoms with Gasteiger partial charge in [-0.15, -0.1) is 0 Å². The Hall–Kier alpha value is -0.550. The largest absolute Gasteiger partial charge is 0.368 e. The number of ether oxygens (including phenoxy) is 1. The zero-order valence-electron chi connectivity index (χ0n) is 12.2. The van der Waals surface area contributed by atoms with Gasteiger partial charge < -0.3 is 9.64 Å². The lowest BCUT2D eigenvalue weighted by Gasteiger charge is -2.37. The van der Waals surface area contributed by atoms with Crippen molar-refractivity contribution < 1.29 is 4.74 Å². The molecule has 2 bridgehead atoms. The van der Waals surface area contributed by atoms with E-state index in [-0.39, 0.29) is 14.6 Å². The van der Waals surface area contributed by atoms with Crippen molar-refractivity contribution in [3.63, 3.8) is 0 Å². The summed E-state index contributed by atoms with van der Waals surface area (Å²) in [5, 5.41) is 0. The summed E-state index contributed by atoms with van der Waals surface area (Å²) in [6.07, 6.45) is 4.60. The monoisotopic (exact) mass is 381 g/mol. The molecular weight excluding hydrogens is 361 g/mol. The Morgan fingerprint density at radius 2 is 1.90 bits per heavy atom. The third-order valence-electron chi connectivity index (χ3n) is 5.50. The first-order valence-electron chi connectivity index (χ1n) is 7.27. The van der Waals surface area contributed by atoms with Crippen LogP contribution in [0, 0.1) is 18.3 Å². The van der Waals surface area contributed by atoms with E-state index in [0.717, 1.165) is 13.1 Å². The summed E-state index contributed by atoms with van der Waals surface area (Å²) in [7, 11) is 0. The zero-order valence-corrected chi connectivity index (χ0v) is 14.3. The van der Waals surface area contributed by atoms with Gasteiger partial charge in [0.25, 0.3) is 0 Å². The van der Waals surface area contributed by atoms with E-state index < -0.39 is 0 Å². The van der Waals surface area contributed by atoms with Crippen LogP contribution < -0.4 is 4.90 Å². The molecule has 2 fully saturated rings. The molecule has 0 N–H and O–H groups in total. The number of anilines is 1. The van der Waals surface area contributed by atoms with Crippen molar-refractivity contribution in [2.75, 3.05) is 18.0 Å². The lowest BCUT2D eigenvalue weighted by atomic mass is 9.68. The Bertz CT molecular complexity index is 594. The summed E-state index contributed by atoms with van der Waals surface area (Å²) >= 11 is 2.49. The van der Waals surface area contributed by atoms with E-state index in [1.165, 1.54) is 11.3 Å². The van der Waals surface area contributed by atoms with E-state index in [1.54, 1.807) is 0 Å². The maximum absolute atomic E-state index is 6.50. The highest BCUT2D eigenvalue weighted by Crippen LogP contribution is 2.65. The summed E-state index contributed by atoms with van der Waals surface area (Å²) in [6, 6.07) is 8.85. The molecule has 0 saturated carbocycles. The standard InChI is InChI=1S/C17H20INO/c1-12-4-6-13(7-5-12)19-10-14-15(2,3)17(18)9-8-16(14,11-19)20-17/h4-9,14H,10-11H2,1-3H3/t14?,16-,17-/m1/s1. The molecule has 2 saturated heterocycles. The molecule has 106 valence electrons. The number of hydrogen-bond donors (Lipinski definition) is 0. The van der Waals surface area contributed by atoms with E-state index >= 15 is 0 Å². The number of benzene rings is 1. The molecule has 20 heavy (non-hydrogen) atoms. The van der Waals surface area contributed by atoms with Crippen LogP contribution in [0.15, 0.2) is 36.4 Å². The summed E-state index contributed by atoms with van der Waals surface area (Å²) in [6.45, 7) is 8.91. The van der Waals surface area contributed by atoms with E-state index in [9.17, 15) is 0 Å². The number of nitrogens with zero attached hydrogens (tertiary/aromatic N) is 1. The second-order valence-electron chi connectivity index (χ2n) is 7.03. The minimum atomic E-state index is -0.116. The molecule has 0 aromatic heterocycles. The Morgan fingerprint density at radius 1 is 1.20 bits per heavy atom. The van der Waals surface area contributed by atoms with Crippen LogP contribution in [0.1, 0.15) is 19.4 Å². The summed E-state index contributed by atoms with van der Waals surface area (Å²) in [5.74, 6) is 0.568. The van der Waals surface area contributed by atoms with E-state index in [1.807, 2.05) is 0 Å². The lowest BCUT2D eigenvalue weighted by Crippen LogP contribution is -2.41. The molecule has 0 amide bonds. The highest BCUT2D eigenvalue weighted by atomic mass is 127. The highest BCUT2D eigenvalue weighted by Gasteiger charge is 2.70. The normalized spacial score (nSPS) is 40.4. The Labute approximate surface area is 134 Å². The molecule has 3 aliphatic heterocycles. The third kappa shape index (κ3) is 1.48. The van der Waals surface area contributed by atoms with Gasteiger partial charge >= 0.3 is 0 Å². The maximum Gasteiger partial charge on any atom is 0.144 e. The number of hydrogen-bond acceptors (Lipinski definition) is 2. The molecule has 1 aromatic rings. The minimum Gasteiger partial charge on any atom is -0.368 e. The summed E-state index contributed by atoms with van der Waals surface area (Å²) in [5.41, 5.74) is 2.74. The van der Waals surface area contributed by atoms with Crippen molar-refractivity contribution in [1.82, 2.24) is 0 Å². The highest BCUT2D eigenvalue weighted by molar-refractivity contribution is 14.1. The van der Waals surface area contributed by atoms with E-state index in [0.29, 0.717) is 5.92 Å². The second-order valence-corrected chi connectivity index (χ2v) is 8.63. The van der Waals surface area contributed by atoms with E-state index in [4.69, 9.17) is 4.74 Å². The summed E-state index contributed by atoms with van der Waals surface area (Å²) in [4.78, 5) is 2.48. The van der Waals surface area contributed by atoms with E-state index in [2.05, 4.69) is 84.7 Å². The molecule has 2 nitrogen and oxygen atoms in total. The molecule has 1 aromatic carbocycles. The number of aryl methyl sites for hydroxylation is 1. The molecule has 3 atom stereocenters. The Kier molecular flexibility index (Phi) is 2.50. The first kappa shape index (κ1) is 13.1. The molecule has 1 spiro atoms. The topological polar surface area (TPSA) is 12.5 Å². The maximum atomic E-state index is 6.50. The van der Waals surface area contributed by atoms with Gasteiger partial charge in [-0.3, -0.25) is 0 Å². The van der Waals surface area contributed by atoms with Gasteiger partial charge in [0.15, 0.2) is 0 Å². The van der Waals surface area contributed by atoms with Gasteiger partial charge in [-0.1, -0.05) is 37.6 Å².